The number of halogens is 1. The fourth-order valence-electron chi connectivity index (χ4n) is 2.67. The van der Waals surface area contributed by atoms with E-state index in [0.29, 0.717) is 18.7 Å². The third-order valence-corrected chi connectivity index (χ3v) is 4.90. The molecule has 0 saturated carbocycles. The maximum Gasteiger partial charge on any atom is 0.315 e. The summed E-state index contributed by atoms with van der Waals surface area (Å²) >= 11 is 3.47. The fourth-order valence-corrected chi connectivity index (χ4v) is 3.23. The van der Waals surface area contributed by atoms with Crippen molar-refractivity contribution in [3.05, 3.63) is 64.1 Å². The zero-order valence-corrected chi connectivity index (χ0v) is 16.7. The molecule has 0 aliphatic rings. The summed E-state index contributed by atoms with van der Waals surface area (Å²) in [5.74, 6) is -0.715. The third-order valence-electron chi connectivity index (χ3n) is 4.18. The highest BCUT2D eigenvalue weighted by Gasteiger charge is 2.23. The molecule has 0 radical (unpaired) electrons. The number of carbonyl (C=O) groups excluding carboxylic acids is 2. The number of amides is 2. The van der Waals surface area contributed by atoms with Crippen LogP contribution in [0.3, 0.4) is 0 Å². The summed E-state index contributed by atoms with van der Waals surface area (Å²) in [6.45, 7) is 2.04. The van der Waals surface area contributed by atoms with Gasteiger partial charge in [-0.25, -0.2) is 4.79 Å². The molecule has 0 aromatic heterocycles. The van der Waals surface area contributed by atoms with Crippen molar-refractivity contribution in [2.45, 2.75) is 25.8 Å². The number of hydrogen-bond donors (Lipinski definition) is 4. The number of Topliss-reactive ketones (excluding diaryl/α,β-unsaturated/α-hetero) is 1. The second kappa shape index (κ2) is 9.87. The van der Waals surface area contributed by atoms with Gasteiger partial charge in [-0.2, -0.15) is 0 Å². The highest BCUT2D eigenvalue weighted by atomic mass is 79.9. The number of hydrogen-bond acceptors (Lipinski definition) is 4. The van der Waals surface area contributed by atoms with E-state index in [4.69, 9.17) is 11.1 Å². The Hall–Kier alpha value is -2.67. The van der Waals surface area contributed by atoms with Crippen LogP contribution in [-0.4, -0.2) is 24.1 Å². The van der Waals surface area contributed by atoms with Crippen LogP contribution in [0.25, 0.3) is 0 Å². The van der Waals surface area contributed by atoms with E-state index in [1.54, 1.807) is 12.1 Å². The smallest absolute Gasteiger partial charge is 0.315 e. The maximum absolute atomic E-state index is 12.3. The lowest BCUT2D eigenvalue weighted by molar-refractivity contribution is -0.112. The van der Waals surface area contributed by atoms with E-state index in [0.717, 1.165) is 15.6 Å². The lowest BCUT2D eigenvalue weighted by atomic mass is 9.89. The topological polar surface area (TPSA) is 108 Å². The monoisotopic (exact) mass is 430 g/mol. The van der Waals surface area contributed by atoms with E-state index in [1.165, 1.54) is 0 Å². The number of carbonyl (C=O) groups is 2. The fraction of sp³-hybridized carbons (Fsp3) is 0.250. The van der Waals surface area contributed by atoms with Crippen molar-refractivity contribution < 1.29 is 9.59 Å². The molecule has 0 aliphatic heterocycles. The van der Waals surface area contributed by atoms with Crippen LogP contribution in [0.2, 0.25) is 0 Å². The minimum Gasteiger partial charge on any atom is -0.399 e. The lowest BCUT2D eigenvalue weighted by Gasteiger charge is -2.17. The van der Waals surface area contributed by atoms with Crippen LogP contribution < -0.4 is 16.4 Å². The third kappa shape index (κ3) is 5.92. The SMILES string of the molecule is CCC(C(=N)C(=O)CNC(=O)NCc1ccc(N)cc1)c1ccccc1Br. The van der Waals surface area contributed by atoms with Crippen LogP contribution in [0, 0.1) is 5.41 Å². The van der Waals surface area contributed by atoms with Gasteiger partial charge in [-0.05, 0) is 35.7 Å². The van der Waals surface area contributed by atoms with Crippen molar-refractivity contribution >= 4 is 39.1 Å². The van der Waals surface area contributed by atoms with Crippen molar-refractivity contribution in [1.29, 1.82) is 5.41 Å². The quantitative estimate of drug-likeness (QED) is 0.379. The van der Waals surface area contributed by atoms with Gasteiger partial charge in [0.2, 0.25) is 0 Å². The van der Waals surface area contributed by atoms with E-state index in [1.807, 2.05) is 43.3 Å². The molecule has 0 bridgehead atoms. The Morgan fingerprint density at radius 1 is 1.11 bits per heavy atom. The van der Waals surface area contributed by atoms with Crippen molar-refractivity contribution in [2.24, 2.45) is 0 Å². The molecular weight excluding hydrogens is 408 g/mol. The molecule has 5 N–H and O–H groups in total. The van der Waals surface area contributed by atoms with E-state index in [9.17, 15) is 9.59 Å². The van der Waals surface area contributed by atoms with E-state index < -0.39 is 11.8 Å². The van der Waals surface area contributed by atoms with Gasteiger partial charge in [0, 0.05) is 22.6 Å². The van der Waals surface area contributed by atoms with Gasteiger partial charge in [-0.1, -0.05) is 53.2 Å². The Balaban J connectivity index is 1.86. The summed E-state index contributed by atoms with van der Waals surface area (Å²) in [4.78, 5) is 24.2. The minimum atomic E-state index is -0.457. The standard InChI is InChI=1S/C20H23BrN4O2/c1-2-15(16-5-3-4-6-17(16)21)19(23)18(26)12-25-20(27)24-11-13-7-9-14(22)10-8-13/h3-10,15,23H,2,11-12,22H2,1H3,(H2,24,25,27). The average molecular weight is 431 g/mol. The molecule has 2 aromatic rings. The Labute approximate surface area is 167 Å². The molecule has 7 heteroatoms. The number of nitrogen functional groups attached to an aromatic ring is 1. The normalized spacial score (nSPS) is 11.5. The number of anilines is 1. The first-order valence-corrected chi connectivity index (χ1v) is 9.43. The zero-order valence-electron chi connectivity index (χ0n) is 15.1. The zero-order chi connectivity index (χ0) is 19.8. The summed E-state index contributed by atoms with van der Waals surface area (Å²) < 4.78 is 0.864. The first kappa shape index (κ1) is 20.6. The summed E-state index contributed by atoms with van der Waals surface area (Å²) in [5.41, 5.74) is 8.06. The van der Waals surface area contributed by atoms with Gasteiger partial charge in [-0.3, -0.25) is 4.79 Å². The van der Waals surface area contributed by atoms with Gasteiger partial charge in [0.15, 0.2) is 5.78 Å². The largest absolute Gasteiger partial charge is 0.399 e. The van der Waals surface area contributed by atoms with Gasteiger partial charge < -0.3 is 21.8 Å². The lowest BCUT2D eigenvalue weighted by Crippen LogP contribution is -2.40. The van der Waals surface area contributed by atoms with Crippen LogP contribution >= 0.6 is 15.9 Å². The van der Waals surface area contributed by atoms with Gasteiger partial charge in [0.25, 0.3) is 0 Å². The number of rotatable bonds is 8. The molecule has 0 fully saturated rings. The summed E-state index contributed by atoms with van der Waals surface area (Å²) in [6.07, 6.45) is 0.622. The number of nitrogens with one attached hydrogen (secondary N) is 3. The van der Waals surface area contributed by atoms with Crippen LogP contribution in [-0.2, 0) is 11.3 Å². The number of urea groups is 1. The Morgan fingerprint density at radius 2 is 1.78 bits per heavy atom. The van der Waals surface area contributed by atoms with Crippen molar-refractivity contribution in [3.8, 4) is 0 Å². The Kier molecular flexibility index (Phi) is 7.55. The molecule has 0 heterocycles. The van der Waals surface area contributed by atoms with Crippen molar-refractivity contribution in [3.63, 3.8) is 0 Å². The highest BCUT2D eigenvalue weighted by Crippen LogP contribution is 2.28. The van der Waals surface area contributed by atoms with Crippen molar-refractivity contribution in [1.82, 2.24) is 10.6 Å². The molecular formula is C20H23BrN4O2. The van der Waals surface area contributed by atoms with Crippen LogP contribution in [0.1, 0.15) is 30.4 Å². The van der Waals surface area contributed by atoms with E-state index in [2.05, 4.69) is 26.6 Å². The molecule has 1 atom stereocenters. The molecule has 2 rings (SSSR count). The van der Waals surface area contributed by atoms with Gasteiger partial charge >= 0.3 is 6.03 Å². The van der Waals surface area contributed by atoms with Gasteiger partial charge in [0.1, 0.15) is 0 Å². The summed E-state index contributed by atoms with van der Waals surface area (Å²) in [6, 6.07) is 14.2. The molecule has 0 aliphatic carbocycles. The minimum absolute atomic E-state index is 0.0109. The van der Waals surface area contributed by atoms with Crippen LogP contribution in [0.15, 0.2) is 53.0 Å². The molecule has 2 amide bonds. The Bertz CT molecular complexity index is 821. The maximum atomic E-state index is 12.3. The molecule has 2 aromatic carbocycles. The van der Waals surface area contributed by atoms with E-state index in [-0.39, 0.29) is 18.2 Å². The molecule has 6 nitrogen and oxygen atoms in total. The van der Waals surface area contributed by atoms with Gasteiger partial charge in [-0.15, -0.1) is 0 Å². The average Bonchev–Trinajstić information content (AvgIpc) is 2.67. The molecule has 0 spiro atoms. The van der Waals surface area contributed by atoms with Crippen LogP contribution in [0.5, 0.6) is 0 Å². The van der Waals surface area contributed by atoms with Gasteiger partial charge in [0.05, 0.1) is 12.3 Å². The predicted octanol–water partition coefficient (Wildman–Crippen LogP) is 3.61. The number of nitrogens with two attached hydrogens (primary N) is 1. The van der Waals surface area contributed by atoms with E-state index >= 15 is 0 Å². The number of ketones is 1. The van der Waals surface area contributed by atoms with Crippen molar-refractivity contribution in [2.75, 3.05) is 12.3 Å². The number of benzene rings is 2. The molecule has 0 saturated heterocycles. The molecule has 142 valence electrons. The van der Waals surface area contributed by atoms with Crippen LogP contribution in [0.4, 0.5) is 10.5 Å². The summed E-state index contributed by atoms with van der Waals surface area (Å²) in [7, 11) is 0. The predicted molar refractivity (Wildman–Crippen MR) is 111 cm³/mol. The first-order chi connectivity index (χ1) is 12.9. The molecule has 27 heavy (non-hydrogen) atoms. The molecule has 1 unspecified atom stereocenters. The first-order valence-electron chi connectivity index (χ1n) is 8.64. The Morgan fingerprint density at radius 3 is 2.41 bits per heavy atom. The second-order valence-electron chi connectivity index (χ2n) is 6.10. The highest BCUT2D eigenvalue weighted by molar-refractivity contribution is 9.10. The summed E-state index contributed by atoms with van der Waals surface area (Å²) in [5, 5.41) is 13.4. The second-order valence-corrected chi connectivity index (χ2v) is 6.95.